The van der Waals surface area contributed by atoms with Crippen LogP contribution in [0.2, 0.25) is 0 Å². The van der Waals surface area contributed by atoms with E-state index < -0.39 is 0 Å². The molecule has 1 aromatic rings. The van der Waals surface area contributed by atoms with Gasteiger partial charge in [-0.25, -0.2) is 4.99 Å². The number of halogens is 1. The van der Waals surface area contributed by atoms with E-state index in [0.717, 1.165) is 37.2 Å². The van der Waals surface area contributed by atoms with Crippen molar-refractivity contribution in [1.29, 1.82) is 0 Å². The maximum Gasteiger partial charge on any atom is 0.191 e. The Balaban J connectivity index is 0.00000364. The molecule has 2 N–H and O–H groups in total. The van der Waals surface area contributed by atoms with Crippen molar-refractivity contribution >= 4 is 29.9 Å². The first-order chi connectivity index (χ1) is 12.7. The van der Waals surface area contributed by atoms with E-state index in [2.05, 4.69) is 25.8 Å². The topological polar surface area (TPSA) is 85.6 Å². The molecular formula is C18H35IN6O2. The van der Waals surface area contributed by atoms with Crippen molar-refractivity contribution in [3.63, 3.8) is 0 Å². The highest BCUT2D eigenvalue weighted by Crippen LogP contribution is 2.20. The van der Waals surface area contributed by atoms with E-state index in [-0.39, 0.29) is 24.0 Å². The third-order valence-electron chi connectivity index (χ3n) is 4.68. The Morgan fingerprint density at radius 3 is 2.56 bits per heavy atom. The highest BCUT2D eigenvalue weighted by Gasteiger charge is 2.13. The average molecular weight is 494 g/mol. The fraction of sp³-hybridized carbons (Fsp3) is 0.833. The first-order valence-corrected chi connectivity index (χ1v) is 9.68. The van der Waals surface area contributed by atoms with E-state index in [0.29, 0.717) is 25.8 Å². The Morgan fingerprint density at radius 1 is 1.15 bits per heavy atom. The molecule has 0 unspecified atom stereocenters. The number of hydrogen-bond donors (Lipinski definition) is 2. The third-order valence-corrected chi connectivity index (χ3v) is 4.68. The number of nitrogens with zero attached hydrogens (tertiary/aromatic N) is 4. The minimum absolute atomic E-state index is 0. The normalized spacial score (nSPS) is 15.4. The predicted octanol–water partition coefficient (Wildman–Crippen LogP) is 2.16. The molecule has 1 heterocycles. The SMILES string of the molecule is COCCNC(=NCc1nnc(C)n1C)NCCCOC1CCCCC1.I. The molecule has 8 nitrogen and oxygen atoms in total. The van der Waals surface area contributed by atoms with Gasteiger partial charge in [0.2, 0.25) is 0 Å². The molecule has 9 heteroatoms. The number of rotatable bonds is 10. The molecule has 1 saturated carbocycles. The van der Waals surface area contributed by atoms with Gasteiger partial charge in [0.25, 0.3) is 0 Å². The number of nitrogens with one attached hydrogen (secondary N) is 2. The molecule has 1 aromatic heterocycles. The van der Waals surface area contributed by atoms with Crippen molar-refractivity contribution in [2.45, 2.75) is 58.1 Å². The summed E-state index contributed by atoms with van der Waals surface area (Å²) in [6.07, 6.45) is 7.85. The molecule has 0 atom stereocenters. The number of methoxy groups -OCH3 is 1. The summed E-state index contributed by atoms with van der Waals surface area (Å²) in [5.74, 6) is 2.49. The van der Waals surface area contributed by atoms with Gasteiger partial charge in [-0.2, -0.15) is 0 Å². The average Bonchev–Trinajstić information content (AvgIpc) is 2.98. The van der Waals surface area contributed by atoms with Crippen LogP contribution in [-0.2, 0) is 23.1 Å². The lowest BCUT2D eigenvalue weighted by Crippen LogP contribution is -2.39. The smallest absolute Gasteiger partial charge is 0.191 e. The molecule has 1 aliphatic carbocycles. The lowest BCUT2D eigenvalue weighted by Gasteiger charge is -2.22. The van der Waals surface area contributed by atoms with Crippen molar-refractivity contribution in [3.8, 4) is 0 Å². The van der Waals surface area contributed by atoms with Gasteiger partial charge >= 0.3 is 0 Å². The van der Waals surface area contributed by atoms with Gasteiger partial charge in [0, 0.05) is 33.9 Å². The number of aryl methyl sites for hydroxylation is 1. The van der Waals surface area contributed by atoms with Gasteiger partial charge in [-0.15, -0.1) is 34.2 Å². The summed E-state index contributed by atoms with van der Waals surface area (Å²) in [4.78, 5) is 4.60. The summed E-state index contributed by atoms with van der Waals surface area (Å²) < 4.78 is 13.0. The van der Waals surface area contributed by atoms with Crippen molar-refractivity contribution in [1.82, 2.24) is 25.4 Å². The zero-order chi connectivity index (χ0) is 18.6. The van der Waals surface area contributed by atoms with E-state index in [1.165, 1.54) is 32.1 Å². The first kappa shape index (κ1) is 24.1. The van der Waals surface area contributed by atoms with Crippen LogP contribution in [0.5, 0.6) is 0 Å². The van der Waals surface area contributed by atoms with E-state index >= 15 is 0 Å². The second-order valence-electron chi connectivity index (χ2n) is 6.72. The van der Waals surface area contributed by atoms with E-state index in [1.807, 2.05) is 18.5 Å². The molecular weight excluding hydrogens is 459 g/mol. The Kier molecular flexibility index (Phi) is 12.6. The Labute approximate surface area is 179 Å². The van der Waals surface area contributed by atoms with Gasteiger partial charge in [-0.05, 0) is 26.2 Å². The minimum atomic E-state index is 0. The standard InChI is InChI=1S/C18H34N6O2.HI/c1-15-22-23-17(24(15)2)14-21-18(20-11-13-25-3)19-10-7-12-26-16-8-5-4-6-9-16;/h16H,4-14H2,1-3H3,(H2,19,20,21);1H. The summed E-state index contributed by atoms with van der Waals surface area (Å²) >= 11 is 0. The van der Waals surface area contributed by atoms with Crippen molar-refractivity contribution in [2.24, 2.45) is 12.0 Å². The highest BCUT2D eigenvalue weighted by atomic mass is 127. The van der Waals surface area contributed by atoms with Crippen LogP contribution >= 0.6 is 24.0 Å². The Morgan fingerprint density at radius 2 is 1.89 bits per heavy atom. The van der Waals surface area contributed by atoms with Crippen molar-refractivity contribution in [3.05, 3.63) is 11.6 Å². The molecule has 0 saturated heterocycles. The van der Waals surface area contributed by atoms with Crippen LogP contribution in [0.4, 0.5) is 0 Å². The maximum absolute atomic E-state index is 5.97. The molecule has 27 heavy (non-hydrogen) atoms. The maximum atomic E-state index is 5.97. The van der Waals surface area contributed by atoms with E-state index in [4.69, 9.17) is 9.47 Å². The summed E-state index contributed by atoms with van der Waals surface area (Å²) in [5.41, 5.74) is 0. The van der Waals surface area contributed by atoms with Gasteiger partial charge in [-0.1, -0.05) is 19.3 Å². The Bertz CT molecular complexity index is 546. The van der Waals surface area contributed by atoms with Gasteiger partial charge < -0.3 is 24.7 Å². The fourth-order valence-electron chi connectivity index (χ4n) is 2.95. The van der Waals surface area contributed by atoms with Crippen LogP contribution in [-0.4, -0.2) is 60.2 Å². The number of hydrogen-bond acceptors (Lipinski definition) is 5. The van der Waals surface area contributed by atoms with Gasteiger partial charge in [0.1, 0.15) is 12.4 Å². The zero-order valence-corrected chi connectivity index (χ0v) is 19.2. The Hall–Kier alpha value is -0.940. The number of aliphatic imine (C=N–C) groups is 1. The summed E-state index contributed by atoms with van der Waals surface area (Å²) in [6, 6.07) is 0. The van der Waals surface area contributed by atoms with Crippen LogP contribution in [0.15, 0.2) is 4.99 Å². The monoisotopic (exact) mass is 494 g/mol. The van der Waals surface area contributed by atoms with Gasteiger partial charge in [0.05, 0.1) is 12.7 Å². The molecule has 0 bridgehead atoms. The highest BCUT2D eigenvalue weighted by molar-refractivity contribution is 14.0. The summed E-state index contributed by atoms with van der Waals surface area (Å²) in [6.45, 7) is 5.38. The van der Waals surface area contributed by atoms with Crippen LogP contribution in [0.1, 0.15) is 50.2 Å². The lowest BCUT2D eigenvalue weighted by atomic mass is 9.98. The zero-order valence-electron chi connectivity index (χ0n) is 16.9. The lowest BCUT2D eigenvalue weighted by molar-refractivity contribution is 0.0277. The second kappa shape index (κ2) is 14.1. The van der Waals surface area contributed by atoms with E-state index in [9.17, 15) is 0 Å². The molecule has 0 aliphatic heterocycles. The molecule has 0 spiro atoms. The second-order valence-corrected chi connectivity index (χ2v) is 6.72. The molecule has 1 fully saturated rings. The van der Waals surface area contributed by atoms with Crippen LogP contribution in [0, 0.1) is 6.92 Å². The van der Waals surface area contributed by atoms with Crippen molar-refractivity contribution in [2.75, 3.05) is 33.4 Å². The fourth-order valence-corrected chi connectivity index (χ4v) is 2.95. The third kappa shape index (κ3) is 9.20. The van der Waals surface area contributed by atoms with Crippen LogP contribution in [0.3, 0.4) is 0 Å². The minimum Gasteiger partial charge on any atom is -0.383 e. The number of ether oxygens (including phenoxy) is 2. The predicted molar refractivity (Wildman–Crippen MR) is 118 cm³/mol. The van der Waals surface area contributed by atoms with Gasteiger partial charge in [0.15, 0.2) is 11.8 Å². The van der Waals surface area contributed by atoms with Gasteiger partial charge in [-0.3, -0.25) is 0 Å². The van der Waals surface area contributed by atoms with E-state index in [1.54, 1.807) is 7.11 Å². The largest absolute Gasteiger partial charge is 0.383 e. The summed E-state index contributed by atoms with van der Waals surface area (Å²) in [7, 11) is 3.64. The van der Waals surface area contributed by atoms with Crippen LogP contribution in [0.25, 0.3) is 0 Å². The molecule has 156 valence electrons. The number of guanidine groups is 1. The first-order valence-electron chi connectivity index (χ1n) is 9.68. The molecule has 2 rings (SSSR count). The molecule has 0 aromatic carbocycles. The molecule has 1 aliphatic rings. The molecule has 0 radical (unpaired) electrons. The molecule has 0 amide bonds. The van der Waals surface area contributed by atoms with Crippen LogP contribution < -0.4 is 10.6 Å². The number of aromatic nitrogens is 3. The summed E-state index contributed by atoms with van der Waals surface area (Å²) in [5, 5.41) is 14.8. The van der Waals surface area contributed by atoms with Crippen molar-refractivity contribution < 1.29 is 9.47 Å². The quantitative estimate of drug-likeness (QED) is 0.225.